The highest BCUT2D eigenvalue weighted by atomic mass is 16.3. The molecule has 2 rings (SSSR count). The molecule has 0 bridgehead atoms. The van der Waals surface area contributed by atoms with Gasteiger partial charge in [0.2, 0.25) is 0 Å². The van der Waals surface area contributed by atoms with Crippen molar-refractivity contribution in [2.75, 3.05) is 0 Å². The number of phenolic OH excluding ortho intramolecular Hbond substituents is 2. The Balaban J connectivity index is 2.82. The number of nitrogens with zero attached hydrogens (tertiary/aromatic N) is 2. The largest absolute Gasteiger partial charge is 0.507 e. The van der Waals surface area contributed by atoms with Gasteiger partial charge < -0.3 is 10.2 Å². The summed E-state index contributed by atoms with van der Waals surface area (Å²) in [6.45, 7) is 0. The monoisotopic (exact) mass is 236 g/mol. The first-order valence-electron chi connectivity index (χ1n) is 5.13. The smallest absolute Gasteiger partial charge is 0.127 e. The van der Waals surface area contributed by atoms with Gasteiger partial charge in [-0.1, -0.05) is 18.2 Å². The van der Waals surface area contributed by atoms with Crippen LogP contribution in [0.3, 0.4) is 0 Å². The second kappa shape index (κ2) is 4.48. The minimum atomic E-state index is -0.137. The lowest BCUT2D eigenvalue weighted by Crippen LogP contribution is -1.90. The van der Waals surface area contributed by atoms with E-state index in [1.165, 1.54) is 24.3 Å². The van der Waals surface area contributed by atoms with E-state index in [-0.39, 0.29) is 28.2 Å². The number of rotatable bonds is 1. The minimum absolute atomic E-state index is 0.136. The molecule has 0 aliphatic heterocycles. The predicted molar refractivity (Wildman–Crippen MR) is 64.6 cm³/mol. The van der Waals surface area contributed by atoms with Crippen molar-refractivity contribution >= 4 is 0 Å². The number of benzene rings is 2. The second-order valence-electron chi connectivity index (χ2n) is 3.62. The molecule has 0 spiro atoms. The van der Waals surface area contributed by atoms with E-state index < -0.39 is 0 Å². The van der Waals surface area contributed by atoms with Gasteiger partial charge in [0.05, 0.1) is 16.7 Å². The number of aromatic hydroxyl groups is 2. The summed E-state index contributed by atoms with van der Waals surface area (Å²) in [5, 5.41) is 37.6. The average Bonchev–Trinajstić information content (AvgIpc) is 2.38. The number of hydrogen-bond donors (Lipinski definition) is 2. The van der Waals surface area contributed by atoms with Crippen LogP contribution in [-0.2, 0) is 0 Å². The average molecular weight is 236 g/mol. The molecule has 0 unspecified atom stereocenters. The Bertz CT molecular complexity index is 674. The third kappa shape index (κ3) is 1.73. The third-order valence-electron chi connectivity index (χ3n) is 2.59. The van der Waals surface area contributed by atoms with Crippen molar-refractivity contribution in [3.8, 4) is 34.8 Å². The van der Waals surface area contributed by atoms with Crippen LogP contribution in [0.15, 0.2) is 36.4 Å². The van der Waals surface area contributed by atoms with E-state index >= 15 is 0 Å². The van der Waals surface area contributed by atoms with Gasteiger partial charge in [-0.15, -0.1) is 0 Å². The van der Waals surface area contributed by atoms with Crippen molar-refractivity contribution < 1.29 is 10.2 Å². The predicted octanol–water partition coefficient (Wildman–Crippen LogP) is 2.51. The highest BCUT2D eigenvalue weighted by Gasteiger charge is 2.15. The Hall–Kier alpha value is -2.98. The summed E-state index contributed by atoms with van der Waals surface area (Å²) < 4.78 is 0. The van der Waals surface area contributed by atoms with E-state index in [1.54, 1.807) is 12.1 Å². The highest BCUT2D eigenvalue weighted by molar-refractivity contribution is 5.81. The molecule has 2 aromatic rings. The van der Waals surface area contributed by atoms with E-state index in [4.69, 9.17) is 10.5 Å². The molecule has 2 aromatic carbocycles. The van der Waals surface area contributed by atoms with Gasteiger partial charge in [0.25, 0.3) is 0 Å². The zero-order chi connectivity index (χ0) is 13.1. The Kier molecular flexibility index (Phi) is 2.87. The van der Waals surface area contributed by atoms with Crippen molar-refractivity contribution in [1.82, 2.24) is 0 Å². The van der Waals surface area contributed by atoms with E-state index in [9.17, 15) is 10.2 Å². The van der Waals surface area contributed by atoms with Crippen molar-refractivity contribution in [2.45, 2.75) is 0 Å². The van der Waals surface area contributed by atoms with E-state index in [1.807, 2.05) is 12.1 Å². The van der Waals surface area contributed by atoms with E-state index in [0.717, 1.165) is 0 Å². The van der Waals surface area contributed by atoms with Crippen LogP contribution in [0.25, 0.3) is 11.1 Å². The molecular weight excluding hydrogens is 228 g/mol. The lowest BCUT2D eigenvalue weighted by Gasteiger charge is -2.09. The molecule has 0 saturated carbocycles. The molecule has 0 radical (unpaired) electrons. The molecule has 4 heteroatoms. The quantitative estimate of drug-likeness (QED) is 0.796. The van der Waals surface area contributed by atoms with Gasteiger partial charge in [0, 0.05) is 5.56 Å². The van der Waals surface area contributed by atoms with Crippen molar-refractivity contribution in [1.29, 1.82) is 10.5 Å². The number of hydrogen-bond acceptors (Lipinski definition) is 4. The first-order chi connectivity index (χ1) is 8.69. The Morgan fingerprint density at radius 2 is 1.44 bits per heavy atom. The molecule has 0 saturated heterocycles. The zero-order valence-corrected chi connectivity index (χ0v) is 9.25. The summed E-state index contributed by atoms with van der Waals surface area (Å²) in [6, 6.07) is 12.8. The number of phenols is 2. The first kappa shape index (κ1) is 11.5. The normalized spacial score (nSPS) is 9.44. The summed E-state index contributed by atoms with van der Waals surface area (Å²) in [7, 11) is 0. The molecule has 0 fully saturated rings. The van der Waals surface area contributed by atoms with Gasteiger partial charge in [0.1, 0.15) is 23.6 Å². The van der Waals surface area contributed by atoms with E-state index in [0.29, 0.717) is 5.56 Å². The maximum Gasteiger partial charge on any atom is 0.127 e. The van der Waals surface area contributed by atoms with Crippen molar-refractivity contribution in [3.05, 3.63) is 47.5 Å². The maximum atomic E-state index is 9.78. The summed E-state index contributed by atoms with van der Waals surface area (Å²) in [5.41, 5.74) is 0.841. The Morgan fingerprint density at radius 1 is 0.833 bits per heavy atom. The Morgan fingerprint density at radius 3 is 2.00 bits per heavy atom. The Labute approximate surface area is 104 Å². The minimum Gasteiger partial charge on any atom is -0.507 e. The van der Waals surface area contributed by atoms with Crippen LogP contribution >= 0.6 is 0 Å². The molecule has 4 nitrogen and oxygen atoms in total. The summed E-state index contributed by atoms with van der Waals surface area (Å²) in [5.74, 6) is -0.275. The maximum absolute atomic E-state index is 9.78. The van der Waals surface area contributed by atoms with Crippen LogP contribution in [0.1, 0.15) is 11.1 Å². The van der Waals surface area contributed by atoms with Crippen molar-refractivity contribution in [3.63, 3.8) is 0 Å². The van der Waals surface area contributed by atoms with Crippen molar-refractivity contribution in [2.24, 2.45) is 0 Å². The molecular formula is C14H8N2O2. The van der Waals surface area contributed by atoms with Crippen LogP contribution < -0.4 is 0 Å². The molecule has 18 heavy (non-hydrogen) atoms. The fourth-order valence-corrected chi connectivity index (χ4v) is 1.78. The van der Waals surface area contributed by atoms with Crippen LogP contribution in [0.5, 0.6) is 11.5 Å². The fraction of sp³-hybridized carbons (Fsp3) is 0. The topological polar surface area (TPSA) is 88.0 Å². The number of nitriles is 2. The lowest BCUT2D eigenvalue weighted by atomic mass is 9.95. The summed E-state index contributed by atoms with van der Waals surface area (Å²) in [4.78, 5) is 0. The van der Waals surface area contributed by atoms with Crippen LogP contribution in [0.2, 0.25) is 0 Å². The summed E-state index contributed by atoms with van der Waals surface area (Å²) in [6.07, 6.45) is 0. The van der Waals surface area contributed by atoms with Crippen LogP contribution in [0.4, 0.5) is 0 Å². The molecule has 2 N–H and O–H groups in total. The summed E-state index contributed by atoms with van der Waals surface area (Å²) >= 11 is 0. The second-order valence-corrected chi connectivity index (χ2v) is 3.62. The van der Waals surface area contributed by atoms with Gasteiger partial charge in [-0.3, -0.25) is 0 Å². The van der Waals surface area contributed by atoms with Crippen LogP contribution in [-0.4, -0.2) is 10.2 Å². The SMILES string of the molecule is N#Cc1cccc(-c2c(O)cccc2O)c1C#N. The fourth-order valence-electron chi connectivity index (χ4n) is 1.78. The molecule has 0 aliphatic rings. The van der Waals surface area contributed by atoms with Gasteiger partial charge >= 0.3 is 0 Å². The molecule has 0 aromatic heterocycles. The van der Waals surface area contributed by atoms with Gasteiger partial charge in [-0.2, -0.15) is 10.5 Å². The third-order valence-corrected chi connectivity index (χ3v) is 2.59. The van der Waals surface area contributed by atoms with Gasteiger partial charge in [-0.05, 0) is 18.2 Å². The van der Waals surface area contributed by atoms with Gasteiger partial charge in [-0.25, -0.2) is 0 Å². The molecule has 0 aliphatic carbocycles. The zero-order valence-electron chi connectivity index (χ0n) is 9.25. The molecule has 0 atom stereocenters. The van der Waals surface area contributed by atoms with E-state index in [2.05, 4.69) is 0 Å². The molecule has 0 heterocycles. The van der Waals surface area contributed by atoms with Crippen LogP contribution in [0, 0.1) is 22.7 Å². The first-order valence-corrected chi connectivity index (χ1v) is 5.13. The lowest BCUT2D eigenvalue weighted by molar-refractivity contribution is 0.454. The highest BCUT2D eigenvalue weighted by Crippen LogP contribution is 2.39. The molecule has 86 valence electrons. The molecule has 0 amide bonds. The standard InChI is InChI=1S/C14H8N2O2/c15-7-9-3-1-4-10(11(9)8-16)14-12(17)5-2-6-13(14)18/h1-6,17-18H. The van der Waals surface area contributed by atoms with Gasteiger partial charge in [0.15, 0.2) is 0 Å².